The molecule has 0 radical (unpaired) electrons. The highest BCUT2D eigenvalue weighted by Gasteiger charge is 2.35. The molecule has 4 nitrogen and oxygen atoms in total. The number of benzene rings is 1. The second-order valence-corrected chi connectivity index (χ2v) is 4.46. The number of rotatable bonds is 5. The SMILES string of the molecule is COc1ccc([C@@H](N)[C@@H](O)C2CC2)c(OC)c1.Cl. The van der Waals surface area contributed by atoms with Gasteiger partial charge in [-0.2, -0.15) is 0 Å². The average Bonchev–Trinajstić information content (AvgIpc) is 3.20. The molecule has 5 heteroatoms. The Morgan fingerprint density at radius 2 is 1.94 bits per heavy atom. The van der Waals surface area contributed by atoms with E-state index in [4.69, 9.17) is 15.2 Å². The molecular weight excluding hydrogens is 254 g/mol. The van der Waals surface area contributed by atoms with E-state index >= 15 is 0 Å². The van der Waals surface area contributed by atoms with Gasteiger partial charge in [0.25, 0.3) is 0 Å². The first-order valence-electron chi connectivity index (χ1n) is 5.83. The lowest BCUT2D eigenvalue weighted by atomic mass is 9.98. The molecule has 1 fully saturated rings. The van der Waals surface area contributed by atoms with Crippen molar-refractivity contribution in [2.24, 2.45) is 11.7 Å². The number of aliphatic hydroxyl groups excluding tert-OH is 1. The Labute approximate surface area is 113 Å². The van der Waals surface area contributed by atoms with Gasteiger partial charge in [-0.15, -0.1) is 12.4 Å². The Bertz CT molecular complexity index is 396. The van der Waals surface area contributed by atoms with Crippen LogP contribution in [0.25, 0.3) is 0 Å². The van der Waals surface area contributed by atoms with Gasteiger partial charge >= 0.3 is 0 Å². The second kappa shape index (κ2) is 6.27. The van der Waals surface area contributed by atoms with Crippen molar-refractivity contribution >= 4 is 12.4 Å². The highest BCUT2D eigenvalue weighted by atomic mass is 35.5. The minimum Gasteiger partial charge on any atom is -0.497 e. The quantitative estimate of drug-likeness (QED) is 0.860. The Morgan fingerprint density at radius 3 is 2.44 bits per heavy atom. The fraction of sp³-hybridized carbons (Fsp3) is 0.538. The van der Waals surface area contributed by atoms with Crippen molar-refractivity contribution in [3.8, 4) is 11.5 Å². The maximum Gasteiger partial charge on any atom is 0.127 e. The van der Waals surface area contributed by atoms with E-state index in [0.717, 1.165) is 24.2 Å². The maximum atomic E-state index is 10.0. The van der Waals surface area contributed by atoms with Crippen LogP contribution < -0.4 is 15.2 Å². The van der Waals surface area contributed by atoms with Gasteiger partial charge < -0.3 is 20.3 Å². The molecule has 0 heterocycles. The molecule has 0 aliphatic heterocycles. The second-order valence-electron chi connectivity index (χ2n) is 4.46. The largest absolute Gasteiger partial charge is 0.497 e. The van der Waals surface area contributed by atoms with E-state index in [0.29, 0.717) is 11.7 Å². The molecule has 1 saturated carbocycles. The topological polar surface area (TPSA) is 64.7 Å². The third-order valence-corrected chi connectivity index (χ3v) is 3.27. The summed E-state index contributed by atoms with van der Waals surface area (Å²) in [5, 5.41) is 10.0. The van der Waals surface area contributed by atoms with Crippen molar-refractivity contribution in [1.29, 1.82) is 0 Å². The van der Waals surface area contributed by atoms with E-state index < -0.39 is 12.1 Å². The summed E-state index contributed by atoms with van der Waals surface area (Å²) in [6.07, 6.45) is 1.64. The molecule has 0 unspecified atom stereocenters. The molecule has 0 spiro atoms. The maximum absolute atomic E-state index is 10.0. The van der Waals surface area contributed by atoms with Crippen molar-refractivity contribution in [3.05, 3.63) is 23.8 Å². The zero-order chi connectivity index (χ0) is 12.4. The lowest BCUT2D eigenvalue weighted by molar-refractivity contribution is 0.121. The first kappa shape index (κ1) is 15.1. The molecule has 1 aromatic rings. The summed E-state index contributed by atoms with van der Waals surface area (Å²) in [7, 11) is 3.20. The first-order chi connectivity index (χ1) is 8.17. The molecule has 0 bridgehead atoms. The first-order valence-corrected chi connectivity index (χ1v) is 5.83. The summed E-state index contributed by atoms with van der Waals surface area (Å²) in [6.45, 7) is 0. The van der Waals surface area contributed by atoms with Crippen LogP contribution in [0.15, 0.2) is 18.2 Å². The molecule has 0 saturated heterocycles. The fourth-order valence-electron chi connectivity index (χ4n) is 2.01. The van der Waals surface area contributed by atoms with Crippen molar-refractivity contribution in [2.45, 2.75) is 25.0 Å². The molecular formula is C13H20ClNO3. The molecule has 102 valence electrons. The third-order valence-electron chi connectivity index (χ3n) is 3.27. The monoisotopic (exact) mass is 273 g/mol. The highest BCUT2D eigenvalue weighted by molar-refractivity contribution is 5.85. The van der Waals surface area contributed by atoms with Crippen LogP contribution in [-0.2, 0) is 0 Å². The van der Waals surface area contributed by atoms with Gasteiger partial charge in [0.2, 0.25) is 0 Å². The predicted octanol–water partition coefficient (Wildman–Crippen LogP) is 1.90. The number of aliphatic hydroxyl groups is 1. The average molecular weight is 274 g/mol. The van der Waals surface area contributed by atoms with E-state index in [1.54, 1.807) is 20.3 Å². The number of hydrogen-bond donors (Lipinski definition) is 2. The van der Waals surface area contributed by atoms with Gasteiger partial charge in [0.1, 0.15) is 11.5 Å². The Balaban J connectivity index is 0.00000162. The number of hydrogen-bond acceptors (Lipinski definition) is 4. The Kier molecular flexibility index (Phi) is 5.26. The van der Waals surface area contributed by atoms with Gasteiger partial charge in [-0.3, -0.25) is 0 Å². The van der Waals surface area contributed by atoms with E-state index in [9.17, 15) is 5.11 Å². The predicted molar refractivity (Wildman–Crippen MR) is 72.5 cm³/mol. The van der Waals surface area contributed by atoms with Crippen LogP contribution in [0, 0.1) is 5.92 Å². The van der Waals surface area contributed by atoms with Crippen molar-refractivity contribution in [1.82, 2.24) is 0 Å². The van der Waals surface area contributed by atoms with Crippen LogP contribution in [0.4, 0.5) is 0 Å². The minimum atomic E-state index is -0.489. The number of ether oxygens (including phenoxy) is 2. The smallest absolute Gasteiger partial charge is 0.127 e. The van der Waals surface area contributed by atoms with Gasteiger partial charge in [-0.1, -0.05) is 0 Å². The van der Waals surface area contributed by atoms with Gasteiger partial charge in [-0.25, -0.2) is 0 Å². The number of nitrogens with two attached hydrogens (primary N) is 1. The van der Waals surface area contributed by atoms with Crippen LogP contribution >= 0.6 is 12.4 Å². The molecule has 1 aromatic carbocycles. The van der Waals surface area contributed by atoms with E-state index in [1.807, 2.05) is 12.1 Å². The molecule has 1 aliphatic rings. The zero-order valence-electron chi connectivity index (χ0n) is 10.6. The van der Waals surface area contributed by atoms with Crippen molar-refractivity contribution < 1.29 is 14.6 Å². The lowest BCUT2D eigenvalue weighted by Gasteiger charge is -2.21. The Hall–Kier alpha value is -0.970. The molecule has 0 aromatic heterocycles. The molecule has 1 aliphatic carbocycles. The summed E-state index contributed by atoms with van der Waals surface area (Å²) in [5.74, 6) is 1.73. The van der Waals surface area contributed by atoms with E-state index in [1.165, 1.54) is 0 Å². The summed E-state index contributed by atoms with van der Waals surface area (Å²) in [4.78, 5) is 0. The lowest BCUT2D eigenvalue weighted by Crippen LogP contribution is -2.28. The van der Waals surface area contributed by atoms with E-state index in [2.05, 4.69) is 0 Å². The van der Waals surface area contributed by atoms with Gasteiger partial charge in [0.15, 0.2) is 0 Å². The van der Waals surface area contributed by atoms with Crippen LogP contribution in [0.2, 0.25) is 0 Å². The molecule has 2 rings (SSSR count). The molecule has 3 N–H and O–H groups in total. The summed E-state index contributed by atoms with van der Waals surface area (Å²) in [6, 6.07) is 5.07. The normalized spacial score (nSPS) is 17.6. The van der Waals surface area contributed by atoms with Gasteiger partial charge in [-0.05, 0) is 30.9 Å². The zero-order valence-corrected chi connectivity index (χ0v) is 11.4. The summed E-state index contributed by atoms with van der Waals surface area (Å²) in [5.41, 5.74) is 6.90. The molecule has 2 atom stereocenters. The molecule has 0 amide bonds. The van der Waals surface area contributed by atoms with Crippen LogP contribution in [0.1, 0.15) is 24.4 Å². The highest BCUT2D eigenvalue weighted by Crippen LogP contribution is 2.39. The standard InChI is InChI=1S/C13H19NO3.ClH/c1-16-9-5-6-10(11(7-9)17-2)12(14)13(15)8-3-4-8;/h5-8,12-13,15H,3-4,14H2,1-2H3;1H/t12-,13+;/m1./s1. The van der Waals surface area contributed by atoms with Crippen LogP contribution in [0.3, 0.4) is 0 Å². The van der Waals surface area contributed by atoms with Crippen LogP contribution in [0.5, 0.6) is 11.5 Å². The van der Waals surface area contributed by atoms with Gasteiger partial charge in [0.05, 0.1) is 26.4 Å². The van der Waals surface area contributed by atoms with E-state index in [-0.39, 0.29) is 12.4 Å². The van der Waals surface area contributed by atoms with Crippen molar-refractivity contribution in [2.75, 3.05) is 14.2 Å². The van der Waals surface area contributed by atoms with Crippen LogP contribution in [-0.4, -0.2) is 25.4 Å². The summed E-state index contributed by atoms with van der Waals surface area (Å²) >= 11 is 0. The fourth-order valence-corrected chi connectivity index (χ4v) is 2.01. The molecule has 18 heavy (non-hydrogen) atoms. The number of methoxy groups -OCH3 is 2. The number of halogens is 1. The van der Waals surface area contributed by atoms with Crippen molar-refractivity contribution in [3.63, 3.8) is 0 Å². The van der Waals surface area contributed by atoms with Gasteiger partial charge in [0, 0.05) is 11.6 Å². The minimum absolute atomic E-state index is 0. The summed E-state index contributed by atoms with van der Waals surface area (Å²) < 4.78 is 10.4. The third kappa shape index (κ3) is 3.07. The Morgan fingerprint density at radius 1 is 1.28 bits per heavy atom.